The SMILES string of the molecule is Cc1nn(-c2ccccc2F)c2ncnc(N3CCCCCC3)c12. The average molecular weight is 325 g/mol. The van der Waals surface area contributed by atoms with E-state index >= 15 is 0 Å². The Labute approximate surface area is 140 Å². The normalized spacial score (nSPS) is 15.7. The van der Waals surface area contributed by atoms with Gasteiger partial charge < -0.3 is 4.90 Å². The van der Waals surface area contributed by atoms with E-state index < -0.39 is 0 Å². The minimum Gasteiger partial charge on any atom is -0.356 e. The first kappa shape index (κ1) is 15.1. The zero-order valence-electron chi connectivity index (χ0n) is 13.7. The van der Waals surface area contributed by atoms with Gasteiger partial charge in [0.1, 0.15) is 23.6 Å². The molecule has 3 heterocycles. The van der Waals surface area contributed by atoms with E-state index in [1.165, 1.54) is 31.7 Å². The second-order valence-corrected chi connectivity index (χ2v) is 6.25. The van der Waals surface area contributed by atoms with Gasteiger partial charge in [0.25, 0.3) is 0 Å². The van der Waals surface area contributed by atoms with E-state index in [9.17, 15) is 4.39 Å². The number of halogens is 1. The maximum Gasteiger partial charge on any atom is 0.168 e. The molecule has 0 spiro atoms. The summed E-state index contributed by atoms with van der Waals surface area (Å²) in [6, 6.07) is 6.64. The Morgan fingerprint density at radius 1 is 1.00 bits per heavy atom. The molecule has 1 aliphatic rings. The third-order valence-corrected chi connectivity index (χ3v) is 4.61. The van der Waals surface area contributed by atoms with E-state index in [0.29, 0.717) is 11.3 Å². The van der Waals surface area contributed by atoms with Crippen LogP contribution in [0.3, 0.4) is 0 Å². The van der Waals surface area contributed by atoms with Crippen LogP contribution in [0.15, 0.2) is 30.6 Å². The maximum atomic E-state index is 14.2. The summed E-state index contributed by atoms with van der Waals surface area (Å²) in [7, 11) is 0. The van der Waals surface area contributed by atoms with Crippen molar-refractivity contribution in [1.82, 2.24) is 19.7 Å². The summed E-state index contributed by atoms with van der Waals surface area (Å²) in [5.41, 5.74) is 1.90. The van der Waals surface area contributed by atoms with Gasteiger partial charge in [-0.15, -0.1) is 0 Å². The number of benzene rings is 1. The Morgan fingerprint density at radius 2 is 1.75 bits per heavy atom. The largest absolute Gasteiger partial charge is 0.356 e. The number of aromatic nitrogens is 4. The summed E-state index contributed by atoms with van der Waals surface area (Å²) >= 11 is 0. The Balaban J connectivity index is 1.88. The molecule has 0 amide bonds. The van der Waals surface area contributed by atoms with Gasteiger partial charge >= 0.3 is 0 Å². The van der Waals surface area contributed by atoms with Gasteiger partial charge in [-0.05, 0) is 31.9 Å². The molecule has 0 radical (unpaired) electrons. The molecule has 124 valence electrons. The van der Waals surface area contributed by atoms with Crippen LogP contribution < -0.4 is 4.90 Å². The van der Waals surface area contributed by atoms with E-state index in [-0.39, 0.29) is 5.82 Å². The molecular weight excluding hydrogens is 305 g/mol. The third-order valence-electron chi connectivity index (χ3n) is 4.61. The first-order chi connectivity index (χ1) is 11.8. The smallest absolute Gasteiger partial charge is 0.168 e. The van der Waals surface area contributed by atoms with Crippen LogP contribution in [0.4, 0.5) is 10.2 Å². The number of rotatable bonds is 2. The standard InChI is InChI=1S/C18H20FN5/c1-13-16-17(23-10-6-2-3-7-11-23)20-12-21-18(16)24(22-13)15-9-5-4-8-14(15)19/h4-5,8-9,12H,2-3,6-7,10-11H2,1H3. The van der Waals surface area contributed by atoms with Gasteiger partial charge in [0.15, 0.2) is 5.65 Å². The molecule has 24 heavy (non-hydrogen) atoms. The third kappa shape index (κ3) is 2.52. The highest BCUT2D eigenvalue weighted by Gasteiger charge is 2.21. The second-order valence-electron chi connectivity index (χ2n) is 6.25. The molecule has 2 aromatic heterocycles. The number of hydrogen-bond acceptors (Lipinski definition) is 4. The fourth-order valence-electron chi connectivity index (χ4n) is 3.41. The van der Waals surface area contributed by atoms with Crippen molar-refractivity contribution >= 4 is 16.9 Å². The summed E-state index contributed by atoms with van der Waals surface area (Å²) in [6.45, 7) is 3.93. The molecule has 1 aliphatic heterocycles. The summed E-state index contributed by atoms with van der Waals surface area (Å²) in [5.74, 6) is 0.610. The van der Waals surface area contributed by atoms with Gasteiger partial charge in [-0.2, -0.15) is 5.10 Å². The number of anilines is 1. The first-order valence-corrected chi connectivity index (χ1v) is 8.46. The van der Waals surface area contributed by atoms with Gasteiger partial charge in [-0.1, -0.05) is 25.0 Å². The van der Waals surface area contributed by atoms with Gasteiger partial charge in [0.05, 0.1) is 11.1 Å². The zero-order valence-corrected chi connectivity index (χ0v) is 13.7. The Hall–Kier alpha value is -2.50. The summed E-state index contributed by atoms with van der Waals surface area (Å²) in [4.78, 5) is 11.2. The predicted molar refractivity (Wildman–Crippen MR) is 92.0 cm³/mol. The second kappa shape index (κ2) is 6.19. The molecular formula is C18H20FN5. The van der Waals surface area contributed by atoms with Crippen molar-refractivity contribution in [3.8, 4) is 5.69 Å². The van der Waals surface area contributed by atoms with Crippen LogP contribution in [0, 0.1) is 12.7 Å². The van der Waals surface area contributed by atoms with Crippen LogP contribution >= 0.6 is 0 Å². The van der Waals surface area contributed by atoms with Crippen LogP contribution in [-0.2, 0) is 0 Å². The van der Waals surface area contributed by atoms with Crippen LogP contribution in [0.2, 0.25) is 0 Å². The van der Waals surface area contributed by atoms with Gasteiger partial charge in [0.2, 0.25) is 0 Å². The number of hydrogen-bond donors (Lipinski definition) is 0. The maximum absolute atomic E-state index is 14.2. The highest BCUT2D eigenvalue weighted by atomic mass is 19.1. The van der Waals surface area contributed by atoms with Crippen LogP contribution in [0.25, 0.3) is 16.7 Å². The summed E-state index contributed by atoms with van der Waals surface area (Å²) < 4.78 is 15.8. The molecule has 6 heteroatoms. The van der Waals surface area contributed by atoms with E-state index in [4.69, 9.17) is 0 Å². The molecule has 1 saturated heterocycles. The Morgan fingerprint density at radius 3 is 2.50 bits per heavy atom. The number of nitrogens with zero attached hydrogens (tertiary/aromatic N) is 5. The van der Waals surface area contributed by atoms with Crippen molar-refractivity contribution in [2.75, 3.05) is 18.0 Å². The van der Waals surface area contributed by atoms with Crippen LogP contribution in [0.5, 0.6) is 0 Å². The lowest BCUT2D eigenvalue weighted by Crippen LogP contribution is -2.25. The van der Waals surface area contributed by atoms with Crippen LogP contribution in [-0.4, -0.2) is 32.8 Å². The molecule has 1 aromatic carbocycles. The van der Waals surface area contributed by atoms with Crippen LogP contribution in [0.1, 0.15) is 31.4 Å². The van der Waals surface area contributed by atoms with E-state index in [1.807, 2.05) is 6.92 Å². The lowest BCUT2D eigenvalue weighted by molar-refractivity contribution is 0.612. The van der Waals surface area contributed by atoms with Gasteiger partial charge in [-0.3, -0.25) is 0 Å². The van der Waals surface area contributed by atoms with Crippen molar-refractivity contribution < 1.29 is 4.39 Å². The number of para-hydroxylation sites is 1. The quantitative estimate of drug-likeness (QED) is 0.721. The molecule has 4 rings (SSSR count). The molecule has 0 saturated carbocycles. The van der Waals surface area contributed by atoms with Crippen molar-refractivity contribution in [2.24, 2.45) is 0 Å². The minimum absolute atomic E-state index is 0.308. The van der Waals surface area contributed by atoms with E-state index in [0.717, 1.165) is 30.0 Å². The van der Waals surface area contributed by atoms with Crippen molar-refractivity contribution in [2.45, 2.75) is 32.6 Å². The molecule has 5 nitrogen and oxygen atoms in total. The molecule has 0 aliphatic carbocycles. The number of fused-ring (bicyclic) bond motifs is 1. The zero-order chi connectivity index (χ0) is 16.5. The molecule has 0 bridgehead atoms. The first-order valence-electron chi connectivity index (χ1n) is 8.46. The highest BCUT2D eigenvalue weighted by molar-refractivity contribution is 5.90. The van der Waals surface area contributed by atoms with Crippen molar-refractivity contribution in [3.63, 3.8) is 0 Å². The highest BCUT2D eigenvalue weighted by Crippen LogP contribution is 2.29. The van der Waals surface area contributed by atoms with Crippen molar-refractivity contribution in [1.29, 1.82) is 0 Å². The van der Waals surface area contributed by atoms with E-state index in [2.05, 4.69) is 20.0 Å². The molecule has 0 N–H and O–H groups in total. The van der Waals surface area contributed by atoms with Gasteiger partial charge in [0, 0.05) is 13.1 Å². The lowest BCUT2D eigenvalue weighted by Gasteiger charge is -2.21. The molecule has 0 unspecified atom stereocenters. The monoisotopic (exact) mass is 325 g/mol. The van der Waals surface area contributed by atoms with Crippen molar-refractivity contribution in [3.05, 3.63) is 42.1 Å². The summed E-state index contributed by atoms with van der Waals surface area (Å²) in [6.07, 6.45) is 6.43. The minimum atomic E-state index is -0.308. The topological polar surface area (TPSA) is 46.8 Å². The fraction of sp³-hybridized carbons (Fsp3) is 0.389. The molecule has 0 atom stereocenters. The lowest BCUT2D eigenvalue weighted by atomic mass is 10.2. The molecule has 3 aromatic rings. The van der Waals surface area contributed by atoms with Gasteiger partial charge in [-0.25, -0.2) is 19.0 Å². The molecule has 1 fully saturated rings. The number of aryl methyl sites for hydroxylation is 1. The van der Waals surface area contributed by atoms with E-state index in [1.54, 1.807) is 29.2 Å². The summed E-state index contributed by atoms with van der Waals surface area (Å²) in [5, 5.41) is 5.47. The average Bonchev–Trinajstić information content (AvgIpc) is 2.78. The predicted octanol–water partition coefficient (Wildman–Crippen LogP) is 3.64. The Bertz CT molecular complexity index is 865. The Kier molecular flexibility index (Phi) is 3.88. The fourth-order valence-corrected chi connectivity index (χ4v) is 3.41.